The minimum atomic E-state index is -0.658. The van der Waals surface area contributed by atoms with Gasteiger partial charge in [-0.1, -0.05) is 17.5 Å². The third-order valence-corrected chi connectivity index (χ3v) is 4.14. The van der Waals surface area contributed by atoms with Crippen LogP contribution in [0.2, 0.25) is 5.02 Å². The SMILES string of the molecule is C#CCOc1ccc(Cl)cc1/C=C1\NC(=O)N(Cc2ccc(C(=O)OC)o2)C1=O. The van der Waals surface area contributed by atoms with Crippen molar-refractivity contribution in [3.63, 3.8) is 0 Å². The number of halogens is 1. The van der Waals surface area contributed by atoms with E-state index < -0.39 is 17.9 Å². The van der Waals surface area contributed by atoms with Crippen molar-refractivity contribution < 1.29 is 28.3 Å². The first-order valence-electron chi connectivity index (χ1n) is 8.30. The Hall–Kier alpha value is -3.70. The number of rotatable bonds is 6. The average Bonchev–Trinajstić information content (AvgIpc) is 3.27. The number of esters is 1. The summed E-state index contributed by atoms with van der Waals surface area (Å²) in [5, 5.41) is 2.91. The zero-order valence-corrected chi connectivity index (χ0v) is 16.0. The van der Waals surface area contributed by atoms with Gasteiger partial charge in [0.25, 0.3) is 5.91 Å². The van der Waals surface area contributed by atoms with Crippen molar-refractivity contribution in [3.8, 4) is 18.1 Å². The normalized spacial score (nSPS) is 14.7. The summed E-state index contributed by atoms with van der Waals surface area (Å²) in [7, 11) is 1.22. The van der Waals surface area contributed by atoms with Crippen LogP contribution in [0.1, 0.15) is 21.9 Å². The third-order valence-electron chi connectivity index (χ3n) is 3.91. The number of hydrogen-bond donors (Lipinski definition) is 1. The van der Waals surface area contributed by atoms with Crippen LogP contribution in [0.5, 0.6) is 5.75 Å². The third kappa shape index (κ3) is 4.42. The van der Waals surface area contributed by atoms with E-state index in [1.165, 1.54) is 25.3 Å². The summed E-state index contributed by atoms with van der Waals surface area (Å²) in [6.45, 7) is -0.125. The molecule has 3 amide bonds. The van der Waals surface area contributed by atoms with Crippen LogP contribution in [0.4, 0.5) is 4.79 Å². The molecule has 9 heteroatoms. The molecular weight excluding hydrogens is 400 g/mol. The Morgan fingerprint density at radius 2 is 2.14 bits per heavy atom. The minimum absolute atomic E-state index is 0.0282. The van der Waals surface area contributed by atoms with Crippen LogP contribution in [-0.4, -0.2) is 36.5 Å². The topological polar surface area (TPSA) is 98.1 Å². The smallest absolute Gasteiger partial charge is 0.373 e. The summed E-state index contributed by atoms with van der Waals surface area (Å²) in [4.78, 5) is 37.3. The first-order valence-corrected chi connectivity index (χ1v) is 8.68. The van der Waals surface area contributed by atoms with E-state index in [1.54, 1.807) is 18.2 Å². The first-order chi connectivity index (χ1) is 13.9. The quantitative estimate of drug-likeness (QED) is 0.338. The maximum Gasteiger partial charge on any atom is 0.373 e. The van der Waals surface area contributed by atoms with Crippen molar-refractivity contribution in [1.29, 1.82) is 0 Å². The van der Waals surface area contributed by atoms with Gasteiger partial charge in [0.05, 0.1) is 13.7 Å². The standard InChI is InChI=1S/C20H15ClN2O6/c1-3-8-28-16-6-4-13(21)9-12(16)10-15-18(24)23(20(26)22-15)11-14-5-7-17(29-14)19(25)27-2/h1,4-7,9-10H,8,11H2,2H3,(H,22,26)/b15-10-. The number of imide groups is 1. The Balaban J connectivity index is 1.82. The van der Waals surface area contributed by atoms with E-state index in [0.717, 1.165) is 4.90 Å². The van der Waals surface area contributed by atoms with E-state index in [1.807, 2.05) is 0 Å². The van der Waals surface area contributed by atoms with E-state index in [4.69, 9.17) is 27.2 Å². The largest absolute Gasteiger partial charge is 0.480 e. The van der Waals surface area contributed by atoms with E-state index >= 15 is 0 Å². The zero-order chi connectivity index (χ0) is 21.0. The highest BCUT2D eigenvalue weighted by molar-refractivity contribution is 6.30. The van der Waals surface area contributed by atoms with Crippen LogP contribution < -0.4 is 10.1 Å². The highest BCUT2D eigenvalue weighted by Crippen LogP contribution is 2.27. The van der Waals surface area contributed by atoms with Gasteiger partial charge in [-0.25, -0.2) is 9.59 Å². The lowest BCUT2D eigenvalue weighted by Gasteiger charge is -2.09. The lowest BCUT2D eigenvalue weighted by Crippen LogP contribution is -2.30. The molecule has 1 N–H and O–H groups in total. The van der Waals surface area contributed by atoms with Gasteiger partial charge in [-0.05, 0) is 36.4 Å². The summed E-state index contributed by atoms with van der Waals surface area (Å²) < 4.78 is 15.3. The van der Waals surface area contributed by atoms with Gasteiger partial charge in [0.1, 0.15) is 23.8 Å². The molecule has 2 aromatic rings. The number of terminal acetylenes is 1. The number of amides is 3. The number of urea groups is 1. The summed E-state index contributed by atoms with van der Waals surface area (Å²) in [5.74, 6) is 1.75. The molecule has 1 aromatic carbocycles. The first kappa shape index (κ1) is 20.0. The van der Waals surface area contributed by atoms with Gasteiger partial charge in [0.2, 0.25) is 5.76 Å². The van der Waals surface area contributed by atoms with Gasteiger partial charge < -0.3 is 19.2 Å². The number of hydrogen-bond acceptors (Lipinski definition) is 6. The number of ether oxygens (including phenoxy) is 2. The van der Waals surface area contributed by atoms with E-state index in [2.05, 4.69) is 16.0 Å². The Labute approximate surface area is 171 Å². The highest BCUT2D eigenvalue weighted by Gasteiger charge is 2.34. The Bertz CT molecular complexity index is 1050. The second-order valence-corrected chi connectivity index (χ2v) is 6.25. The Morgan fingerprint density at radius 1 is 1.34 bits per heavy atom. The molecule has 148 valence electrons. The van der Waals surface area contributed by atoms with Gasteiger partial charge in [0.15, 0.2) is 0 Å². The van der Waals surface area contributed by atoms with Crippen LogP contribution in [0.25, 0.3) is 6.08 Å². The molecule has 0 atom stereocenters. The van der Waals surface area contributed by atoms with Gasteiger partial charge >= 0.3 is 12.0 Å². The number of benzene rings is 1. The monoisotopic (exact) mass is 414 g/mol. The summed E-state index contributed by atoms with van der Waals surface area (Å²) in [6.07, 6.45) is 6.65. The average molecular weight is 415 g/mol. The molecule has 8 nitrogen and oxygen atoms in total. The molecule has 0 radical (unpaired) electrons. The fourth-order valence-electron chi connectivity index (χ4n) is 2.58. The summed E-state index contributed by atoms with van der Waals surface area (Å²) in [6, 6.07) is 7.06. The Kier molecular flexibility index (Phi) is 5.90. The highest BCUT2D eigenvalue weighted by atomic mass is 35.5. The lowest BCUT2D eigenvalue weighted by molar-refractivity contribution is -0.123. The van der Waals surface area contributed by atoms with E-state index in [9.17, 15) is 14.4 Å². The molecule has 1 aliphatic heterocycles. The number of methoxy groups -OCH3 is 1. The number of carbonyl (C=O) groups excluding carboxylic acids is 3. The zero-order valence-electron chi connectivity index (χ0n) is 15.2. The van der Waals surface area contributed by atoms with Gasteiger partial charge in [0, 0.05) is 10.6 Å². The van der Waals surface area contributed by atoms with Gasteiger partial charge in [-0.15, -0.1) is 6.42 Å². The fraction of sp³-hybridized carbons (Fsp3) is 0.150. The van der Waals surface area contributed by atoms with Crippen LogP contribution in [-0.2, 0) is 16.1 Å². The molecule has 0 bridgehead atoms. The predicted octanol–water partition coefficient (Wildman–Crippen LogP) is 2.82. The predicted molar refractivity (Wildman–Crippen MR) is 103 cm³/mol. The second-order valence-electron chi connectivity index (χ2n) is 5.81. The van der Waals surface area contributed by atoms with Crippen molar-refractivity contribution in [2.24, 2.45) is 0 Å². The summed E-state index contributed by atoms with van der Waals surface area (Å²) in [5.41, 5.74) is 0.506. The van der Waals surface area contributed by atoms with Crippen molar-refractivity contribution in [3.05, 3.63) is 58.1 Å². The van der Waals surface area contributed by atoms with Crippen molar-refractivity contribution >= 4 is 35.6 Å². The maximum absolute atomic E-state index is 12.7. The molecule has 1 aliphatic rings. The van der Waals surface area contributed by atoms with Crippen molar-refractivity contribution in [1.82, 2.24) is 10.2 Å². The van der Waals surface area contributed by atoms with E-state index in [0.29, 0.717) is 16.3 Å². The lowest BCUT2D eigenvalue weighted by atomic mass is 10.1. The molecular formula is C20H15ClN2O6. The molecule has 1 fully saturated rings. The minimum Gasteiger partial charge on any atom is -0.480 e. The number of nitrogens with zero attached hydrogens (tertiary/aromatic N) is 1. The Morgan fingerprint density at radius 3 is 2.86 bits per heavy atom. The van der Waals surface area contributed by atoms with Crippen LogP contribution in [0, 0.1) is 12.3 Å². The maximum atomic E-state index is 12.7. The van der Waals surface area contributed by atoms with Crippen LogP contribution in [0.15, 0.2) is 40.4 Å². The van der Waals surface area contributed by atoms with Crippen molar-refractivity contribution in [2.75, 3.05) is 13.7 Å². The second kappa shape index (κ2) is 8.54. The van der Waals surface area contributed by atoms with Crippen LogP contribution >= 0.6 is 11.6 Å². The molecule has 2 heterocycles. The molecule has 0 unspecified atom stereocenters. The summed E-state index contributed by atoms with van der Waals surface area (Å²) >= 11 is 6.02. The van der Waals surface area contributed by atoms with Crippen molar-refractivity contribution in [2.45, 2.75) is 6.54 Å². The molecule has 1 aromatic heterocycles. The number of nitrogens with one attached hydrogen (secondary N) is 1. The van der Waals surface area contributed by atoms with E-state index in [-0.39, 0.29) is 30.4 Å². The molecule has 0 aliphatic carbocycles. The molecule has 3 rings (SSSR count). The fourth-order valence-corrected chi connectivity index (χ4v) is 2.76. The molecule has 0 spiro atoms. The molecule has 1 saturated heterocycles. The molecule has 29 heavy (non-hydrogen) atoms. The molecule has 0 saturated carbocycles. The van der Waals surface area contributed by atoms with Gasteiger partial charge in [-0.3, -0.25) is 9.69 Å². The van der Waals surface area contributed by atoms with Gasteiger partial charge in [-0.2, -0.15) is 0 Å². The number of furan rings is 1. The number of carbonyl (C=O) groups is 3. The van der Waals surface area contributed by atoms with Crippen LogP contribution in [0.3, 0.4) is 0 Å².